The summed E-state index contributed by atoms with van der Waals surface area (Å²) in [6, 6.07) is 16.6. The summed E-state index contributed by atoms with van der Waals surface area (Å²) in [5.41, 5.74) is 1.46. The third-order valence-corrected chi connectivity index (χ3v) is 4.62. The highest BCUT2D eigenvalue weighted by molar-refractivity contribution is 6.52. The number of halogens is 4. The molecule has 18 heavy (non-hydrogen) atoms. The molecule has 0 fully saturated rings. The van der Waals surface area contributed by atoms with E-state index in [0.717, 1.165) is 5.56 Å². The molecule has 0 aromatic heterocycles. The van der Waals surface area contributed by atoms with E-state index in [4.69, 9.17) is 46.4 Å². The Morgan fingerprint density at radius 2 is 1.39 bits per heavy atom. The van der Waals surface area contributed by atoms with Gasteiger partial charge in [-0.05, 0) is 11.6 Å². The molecule has 2 aromatic carbocycles. The van der Waals surface area contributed by atoms with Gasteiger partial charge in [0.1, 0.15) is 0 Å². The molecule has 0 aliphatic carbocycles. The molecule has 0 nitrogen and oxygen atoms in total. The molecule has 4 heteroatoms. The van der Waals surface area contributed by atoms with Crippen LogP contribution in [0.5, 0.6) is 0 Å². The Morgan fingerprint density at radius 3 is 2.00 bits per heavy atom. The molecule has 0 aliphatic heterocycles. The zero-order valence-corrected chi connectivity index (χ0v) is 12.3. The molecule has 1 unspecified atom stereocenters. The standard InChI is InChI=1S/C14H10Cl4/c15-12-9-5-4-8-11(12)14(17,18)13(16)10-6-2-1-3-7-10/h1-9,13H. The lowest BCUT2D eigenvalue weighted by atomic mass is 10.0. The molecule has 0 bridgehead atoms. The number of alkyl halides is 3. The molecule has 1 atom stereocenters. The van der Waals surface area contributed by atoms with Crippen LogP contribution in [0.1, 0.15) is 16.5 Å². The molecule has 2 rings (SSSR count). The Balaban J connectivity index is 2.40. The Kier molecular flexibility index (Phi) is 4.45. The summed E-state index contributed by atoms with van der Waals surface area (Å²) in [6.45, 7) is 0. The summed E-state index contributed by atoms with van der Waals surface area (Å²) < 4.78 is -1.28. The maximum atomic E-state index is 6.40. The lowest BCUT2D eigenvalue weighted by molar-refractivity contribution is 0.803. The molecular formula is C14H10Cl4. The van der Waals surface area contributed by atoms with E-state index in [1.165, 1.54) is 0 Å². The number of benzene rings is 2. The Morgan fingerprint density at radius 1 is 0.833 bits per heavy atom. The number of hydrogen-bond donors (Lipinski definition) is 0. The van der Waals surface area contributed by atoms with E-state index in [2.05, 4.69) is 0 Å². The first-order chi connectivity index (χ1) is 8.53. The van der Waals surface area contributed by atoms with Gasteiger partial charge in [0.05, 0.1) is 5.38 Å². The van der Waals surface area contributed by atoms with E-state index in [9.17, 15) is 0 Å². The smallest absolute Gasteiger partial charge is 0.114 e. The van der Waals surface area contributed by atoms with Crippen molar-refractivity contribution in [1.82, 2.24) is 0 Å². The highest BCUT2D eigenvalue weighted by Gasteiger charge is 2.38. The molecule has 0 aliphatic rings. The SMILES string of the molecule is Clc1ccccc1C(Cl)(Cl)C(Cl)c1ccccc1. The van der Waals surface area contributed by atoms with Crippen LogP contribution in [0.3, 0.4) is 0 Å². The fourth-order valence-electron chi connectivity index (χ4n) is 1.70. The fourth-order valence-corrected chi connectivity index (χ4v) is 2.93. The zero-order valence-electron chi connectivity index (χ0n) is 9.29. The molecular weight excluding hydrogens is 310 g/mol. The van der Waals surface area contributed by atoms with Crippen LogP contribution in [0.4, 0.5) is 0 Å². The second-order valence-corrected chi connectivity index (χ2v) is 6.11. The Labute approximate surface area is 126 Å². The van der Waals surface area contributed by atoms with Gasteiger partial charge < -0.3 is 0 Å². The first kappa shape index (κ1) is 14.0. The van der Waals surface area contributed by atoms with Gasteiger partial charge in [-0.3, -0.25) is 0 Å². The molecule has 0 heterocycles. The minimum Gasteiger partial charge on any atom is -0.114 e. The lowest BCUT2D eigenvalue weighted by Gasteiger charge is -2.26. The summed E-state index contributed by atoms with van der Waals surface area (Å²) in [4.78, 5) is 0. The minimum absolute atomic E-state index is 0.504. The molecule has 2 aromatic rings. The summed E-state index contributed by atoms with van der Waals surface area (Å²) in [6.07, 6.45) is 0. The van der Waals surface area contributed by atoms with Gasteiger partial charge in [-0.15, -0.1) is 11.6 Å². The van der Waals surface area contributed by atoms with Gasteiger partial charge in [0.15, 0.2) is 4.33 Å². The van der Waals surface area contributed by atoms with Gasteiger partial charge in [-0.2, -0.15) is 0 Å². The molecule has 0 radical (unpaired) electrons. The van der Waals surface area contributed by atoms with Crippen LogP contribution < -0.4 is 0 Å². The second kappa shape index (κ2) is 5.71. The molecule has 0 spiro atoms. The van der Waals surface area contributed by atoms with E-state index in [1.807, 2.05) is 42.5 Å². The zero-order chi connectivity index (χ0) is 13.2. The van der Waals surface area contributed by atoms with E-state index in [0.29, 0.717) is 10.6 Å². The summed E-state index contributed by atoms with van der Waals surface area (Å²) in [7, 11) is 0. The van der Waals surface area contributed by atoms with E-state index < -0.39 is 9.71 Å². The number of rotatable bonds is 3. The van der Waals surface area contributed by atoms with E-state index in [1.54, 1.807) is 12.1 Å². The van der Waals surface area contributed by atoms with E-state index in [-0.39, 0.29) is 0 Å². The van der Waals surface area contributed by atoms with Crippen LogP contribution >= 0.6 is 46.4 Å². The van der Waals surface area contributed by atoms with Crippen molar-refractivity contribution >= 4 is 46.4 Å². The monoisotopic (exact) mass is 318 g/mol. The molecule has 0 amide bonds. The van der Waals surface area contributed by atoms with Crippen LogP contribution in [0.2, 0.25) is 5.02 Å². The maximum absolute atomic E-state index is 6.40. The van der Waals surface area contributed by atoms with Crippen LogP contribution in [0.15, 0.2) is 54.6 Å². The van der Waals surface area contributed by atoms with Gasteiger partial charge in [0.2, 0.25) is 0 Å². The van der Waals surface area contributed by atoms with Crippen molar-refractivity contribution in [3.05, 3.63) is 70.7 Å². The van der Waals surface area contributed by atoms with Crippen molar-refractivity contribution in [2.45, 2.75) is 9.71 Å². The largest absolute Gasteiger partial charge is 0.164 e. The highest BCUT2D eigenvalue weighted by Crippen LogP contribution is 2.50. The topological polar surface area (TPSA) is 0 Å². The molecule has 0 saturated heterocycles. The molecule has 94 valence electrons. The van der Waals surface area contributed by atoms with Crippen LogP contribution in [-0.2, 0) is 4.33 Å². The maximum Gasteiger partial charge on any atom is 0.164 e. The first-order valence-electron chi connectivity index (χ1n) is 5.35. The van der Waals surface area contributed by atoms with Crippen LogP contribution in [-0.4, -0.2) is 0 Å². The lowest BCUT2D eigenvalue weighted by Crippen LogP contribution is -2.18. The fraction of sp³-hybridized carbons (Fsp3) is 0.143. The minimum atomic E-state index is -1.28. The quantitative estimate of drug-likeness (QED) is 0.613. The van der Waals surface area contributed by atoms with Gasteiger partial charge in [0, 0.05) is 10.6 Å². The number of hydrogen-bond acceptors (Lipinski definition) is 0. The van der Waals surface area contributed by atoms with Crippen molar-refractivity contribution in [3.8, 4) is 0 Å². The van der Waals surface area contributed by atoms with E-state index >= 15 is 0 Å². The predicted molar refractivity (Wildman–Crippen MR) is 79.9 cm³/mol. The normalized spacial score (nSPS) is 13.3. The second-order valence-electron chi connectivity index (χ2n) is 3.88. The van der Waals surface area contributed by atoms with Gasteiger partial charge >= 0.3 is 0 Å². The van der Waals surface area contributed by atoms with Crippen LogP contribution in [0, 0.1) is 0 Å². The average Bonchev–Trinajstić information content (AvgIpc) is 2.39. The van der Waals surface area contributed by atoms with Crippen molar-refractivity contribution < 1.29 is 0 Å². The molecule has 0 saturated carbocycles. The van der Waals surface area contributed by atoms with Crippen molar-refractivity contribution in [1.29, 1.82) is 0 Å². The summed E-state index contributed by atoms with van der Waals surface area (Å²) >= 11 is 25.3. The molecule has 0 N–H and O–H groups in total. The highest BCUT2D eigenvalue weighted by atomic mass is 35.5. The third kappa shape index (κ3) is 2.78. The third-order valence-electron chi connectivity index (χ3n) is 2.64. The van der Waals surface area contributed by atoms with Crippen LogP contribution in [0.25, 0.3) is 0 Å². The van der Waals surface area contributed by atoms with Gasteiger partial charge in [-0.25, -0.2) is 0 Å². The van der Waals surface area contributed by atoms with Crippen molar-refractivity contribution in [3.63, 3.8) is 0 Å². The Hall–Kier alpha value is -0.400. The average molecular weight is 320 g/mol. The van der Waals surface area contributed by atoms with Gasteiger partial charge in [-0.1, -0.05) is 83.3 Å². The van der Waals surface area contributed by atoms with Crippen molar-refractivity contribution in [2.24, 2.45) is 0 Å². The van der Waals surface area contributed by atoms with Gasteiger partial charge in [0.25, 0.3) is 0 Å². The Bertz CT molecular complexity index is 522. The first-order valence-corrected chi connectivity index (χ1v) is 6.92. The summed E-state index contributed by atoms with van der Waals surface area (Å²) in [5.74, 6) is 0. The predicted octanol–water partition coefficient (Wildman–Crippen LogP) is 5.95. The summed E-state index contributed by atoms with van der Waals surface area (Å²) in [5, 5.41) is -0.0778. The van der Waals surface area contributed by atoms with Crippen molar-refractivity contribution in [2.75, 3.05) is 0 Å².